The first-order valence-electron chi connectivity index (χ1n) is 7.23. The molecule has 0 aliphatic carbocycles. The minimum atomic E-state index is -1.10. The average Bonchev–Trinajstić information content (AvgIpc) is 2.81. The molecule has 2 aromatic rings. The summed E-state index contributed by atoms with van der Waals surface area (Å²) in [4.78, 5) is 40.6. The highest BCUT2D eigenvalue weighted by Gasteiger charge is 2.27. The fourth-order valence-corrected chi connectivity index (χ4v) is 3.29. The molecule has 23 heavy (non-hydrogen) atoms. The molecule has 2 rings (SSSR count). The molecule has 1 unspecified atom stereocenters. The Hall–Kier alpha value is -2.22. The summed E-state index contributed by atoms with van der Waals surface area (Å²) in [5, 5.41) is 11.9. The van der Waals surface area contributed by atoms with Crippen molar-refractivity contribution in [2.45, 2.75) is 40.2 Å². The summed E-state index contributed by atoms with van der Waals surface area (Å²) < 4.78 is 5.09. The van der Waals surface area contributed by atoms with Crippen LogP contribution in [0.1, 0.15) is 41.9 Å². The first-order chi connectivity index (χ1) is 10.8. The van der Waals surface area contributed by atoms with E-state index in [0.29, 0.717) is 22.7 Å². The van der Waals surface area contributed by atoms with Gasteiger partial charge in [-0.15, -0.1) is 11.3 Å². The first-order valence-corrected chi connectivity index (χ1v) is 8.04. The molecular formula is C15H18N2O5S. The monoisotopic (exact) mass is 338 g/mol. The highest BCUT2D eigenvalue weighted by atomic mass is 32.1. The van der Waals surface area contributed by atoms with E-state index in [1.807, 2.05) is 6.92 Å². The normalized spacial score (nSPS) is 12.6. The van der Waals surface area contributed by atoms with Gasteiger partial charge in [0.25, 0.3) is 5.91 Å². The van der Waals surface area contributed by atoms with Crippen molar-refractivity contribution in [3.05, 3.63) is 26.8 Å². The number of carboxylic acid groups (broad SMARTS) is 1. The topological polar surface area (TPSA) is 110 Å². The van der Waals surface area contributed by atoms with E-state index < -0.39 is 23.5 Å². The molecule has 0 aliphatic heterocycles. The Kier molecular flexibility index (Phi) is 4.84. The Labute approximate surface area is 136 Å². The van der Waals surface area contributed by atoms with Crippen LogP contribution in [0, 0.1) is 12.8 Å². The lowest BCUT2D eigenvalue weighted by Gasteiger charge is -2.17. The number of nitrogens with one attached hydrogen (secondary N) is 1. The lowest BCUT2D eigenvalue weighted by atomic mass is 10.0. The van der Waals surface area contributed by atoms with Crippen molar-refractivity contribution in [2.24, 2.45) is 5.92 Å². The van der Waals surface area contributed by atoms with Crippen LogP contribution < -0.4 is 10.9 Å². The van der Waals surface area contributed by atoms with Crippen molar-refractivity contribution in [3.8, 4) is 0 Å². The Morgan fingerprint density at radius 3 is 2.57 bits per heavy atom. The molecule has 0 spiro atoms. The Bertz CT molecular complexity index is 821. The number of aromatic nitrogens is 1. The third-order valence-electron chi connectivity index (χ3n) is 3.50. The SMILES string of the molecule is CCc1nc2sc(C(=O)NC(C(=O)O)C(C)C)c(C)c2c(=O)o1. The van der Waals surface area contributed by atoms with E-state index in [1.165, 1.54) is 0 Å². The van der Waals surface area contributed by atoms with Crippen molar-refractivity contribution in [3.63, 3.8) is 0 Å². The third kappa shape index (κ3) is 3.26. The second kappa shape index (κ2) is 6.49. The Morgan fingerprint density at radius 1 is 1.39 bits per heavy atom. The van der Waals surface area contributed by atoms with Crippen molar-refractivity contribution in [2.75, 3.05) is 0 Å². The van der Waals surface area contributed by atoms with Gasteiger partial charge < -0.3 is 14.8 Å². The minimum Gasteiger partial charge on any atom is -0.480 e. The standard InChI is InChI=1S/C15H18N2O5S/c1-5-8-16-13-9(15(21)22-8)7(4)11(23-13)12(18)17-10(6(2)3)14(19)20/h6,10H,5H2,1-4H3,(H,17,18)(H,19,20). The lowest BCUT2D eigenvalue weighted by Crippen LogP contribution is -2.44. The van der Waals surface area contributed by atoms with Gasteiger partial charge in [0.1, 0.15) is 16.3 Å². The predicted molar refractivity (Wildman–Crippen MR) is 86.0 cm³/mol. The zero-order valence-electron chi connectivity index (χ0n) is 13.3. The van der Waals surface area contributed by atoms with E-state index in [0.717, 1.165) is 11.3 Å². The molecular weight excluding hydrogens is 320 g/mol. The number of carboxylic acids is 1. The zero-order chi connectivity index (χ0) is 17.3. The molecule has 0 bridgehead atoms. The molecule has 0 fully saturated rings. The zero-order valence-corrected chi connectivity index (χ0v) is 14.1. The van der Waals surface area contributed by atoms with Gasteiger partial charge in [0, 0.05) is 6.42 Å². The van der Waals surface area contributed by atoms with E-state index in [2.05, 4.69) is 10.3 Å². The van der Waals surface area contributed by atoms with Crippen LogP contribution in [0.25, 0.3) is 10.2 Å². The van der Waals surface area contributed by atoms with Gasteiger partial charge in [0.2, 0.25) is 0 Å². The van der Waals surface area contributed by atoms with Gasteiger partial charge >= 0.3 is 11.6 Å². The smallest absolute Gasteiger partial charge is 0.348 e. The molecule has 8 heteroatoms. The van der Waals surface area contributed by atoms with Crippen LogP contribution in [-0.4, -0.2) is 28.0 Å². The number of carbonyl (C=O) groups is 2. The highest BCUT2D eigenvalue weighted by molar-refractivity contribution is 7.20. The summed E-state index contributed by atoms with van der Waals surface area (Å²) >= 11 is 1.07. The summed E-state index contributed by atoms with van der Waals surface area (Å²) in [5.74, 6) is -1.58. The first kappa shape index (κ1) is 17.1. The number of nitrogens with zero attached hydrogens (tertiary/aromatic N) is 1. The van der Waals surface area contributed by atoms with Gasteiger partial charge in [0.15, 0.2) is 5.89 Å². The Balaban J connectivity index is 2.46. The third-order valence-corrected chi connectivity index (χ3v) is 4.68. The number of hydrogen-bond acceptors (Lipinski definition) is 6. The average molecular weight is 338 g/mol. The van der Waals surface area contributed by atoms with E-state index in [9.17, 15) is 19.5 Å². The number of rotatable bonds is 5. The van der Waals surface area contributed by atoms with Crippen LogP contribution in [-0.2, 0) is 11.2 Å². The number of aryl methyl sites for hydroxylation is 2. The van der Waals surface area contributed by atoms with E-state index in [1.54, 1.807) is 20.8 Å². The summed E-state index contributed by atoms with van der Waals surface area (Å²) in [6.45, 7) is 6.86. The molecule has 0 aromatic carbocycles. The molecule has 7 nitrogen and oxygen atoms in total. The lowest BCUT2D eigenvalue weighted by molar-refractivity contribution is -0.140. The fourth-order valence-electron chi connectivity index (χ4n) is 2.20. The maximum atomic E-state index is 12.4. The van der Waals surface area contributed by atoms with Crippen LogP contribution in [0.3, 0.4) is 0 Å². The van der Waals surface area contributed by atoms with Crippen LogP contribution >= 0.6 is 11.3 Å². The van der Waals surface area contributed by atoms with Gasteiger partial charge in [-0.3, -0.25) is 4.79 Å². The molecule has 124 valence electrons. The molecule has 1 amide bonds. The second-order valence-electron chi connectivity index (χ2n) is 5.52. The molecule has 0 aliphatic rings. The number of hydrogen-bond donors (Lipinski definition) is 2. The summed E-state index contributed by atoms with van der Waals surface area (Å²) in [5.41, 5.74) is -0.0717. The van der Waals surface area contributed by atoms with E-state index >= 15 is 0 Å². The predicted octanol–water partition coefficient (Wildman–Crippen LogP) is 1.96. The highest BCUT2D eigenvalue weighted by Crippen LogP contribution is 2.27. The van der Waals surface area contributed by atoms with Crippen molar-refractivity contribution < 1.29 is 19.1 Å². The van der Waals surface area contributed by atoms with Crippen LogP contribution in [0.15, 0.2) is 9.21 Å². The quantitative estimate of drug-likeness (QED) is 0.862. The number of amides is 1. The van der Waals surface area contributed by atoms with Gasteiger partial charge in [-0.2, -0.15) is 0 Å². The summed E-state index contributed by atoms with van der Waals surface area (Å²) in [6, 6.07) is -0.998. The number of thiophene rings is 1. The number of aliphatic carboxylic acids is 1. The van der Waals surface area contributed by atoms with Gasteiger partial charge in [-0.1, -0.05) is 20.8 Å². The molecule has 2 heterocycles. The molecule has 2 N–H and O–H groups in total. The molecule has 1 atom stereocenters. The molecule has 0 saturated heterocycles. The summed E-state index contributed by atoms with van der Waals surface area (Å²) in [6.07, 6.45) is 0.470. The van der Waals surface area contributed by atoms with Crippen molar-refractivity contribution in [1.29, 1.82) is 0 Å². The number of fused-ring (bicyclic) bond motifs is 1. The minimum absolute atomic E-state index is 0.263. The summed E-state index contributed by atoms with van der Waals surface area (Å²) in [7, 11) is 0. The van der Waals surface area contributed by atoms with Gasteiger partial charge in [-0.05, 0) is 18.4 Å². The maximum Gasteiger partial charge on any atom is 0.348 e. The second-order valence-corrected chi connectivity index (χ2v) is 6.52. The van der Waals surface area contributed by atoms with Crippen LogP contribution in [0.2, 0.25) is 0 Å². The Morgan fingerprint density at radius 2 is 2.04 bits per heavy atom. The van der Waals surface area contributed by atoms with Crippen LogP contribution in [0.5, 0.6) is 0 Å². The van der Waals surface area contributed by atoms with Crippen molar-refractivity contribution >= 4 is 33.4 Å². The molecule has 2 aromatic heterocycles. The van der Waals surface area contributed by atoms with E-state index in [-0.39, 0.29) is 16.2 Å². The molecule has 0 saturated carbocycles. The number of carbonyl (C=O) groups excluding carboxylic acids is 1. The maximum absolute atomic E-state index is 12.4. The van der Waals surface area contributed by atoms with Gasteiger partial charge in [0.05, 0.1) is 4.88 Å². The molecule has 0 radical (unpaired) electrons. The largest absolute Gasteiger partial charge is 0.480 e. The van der Waals surface area contributed by atoms with Crippen LogP contribution in [0.4, 0.5) is 0 Å². The fraction of sp³-hybridized carbons (Fsp3) is 0.467. The van der Waals surface area contributed by atoms with Crippen molar-refractivity contribution in [1.82, 2.24) is 10.3 Å². The van der Waals surface area contributed by atoms with Gasteiger partial charge in [-0.25, -0.2) is 14.6 Å². The van der Waals surface area contributed by atoms with E-state index in [4.69, 9.17) is 4.42 Å².